The highest BCUT2D eigenvalue weighted by molar-refractivity contribution is 5.74. The molecule has 0 spiro atoms. The number of H-pyrrole nitrogens is 1. The summed E-state index contributed by atoms with van der Waals surface area (Å²) in [5, 5.41) is 6.65. The molecule has 4 N–H and O–H groups in total. The van der Waals surface area contributed by atoms with Gasteiger partial charge in [0, 0.05) is 18.6 Å². The van der Waals surface area contributed by atoms with Crippen molar-refractivity contribution in [1.82, 2.24) is 9.97 Å². The molecule has 0 aromatic carbocycles. The van der Waals surface area contributed by atoms with Gasteiger partial charge >= 0.3 is 0 Å². The van der Waals surface area contributed by atoms with Crippen LogP contribution in [0.3, 0.4) is 0 Å². The number of rotatable bonds is 2. The Morgan fingerprint density at radius 3 is 2.82 bits per heavy atom. The van der Waals surface area contributed by atoms with Crippen molar-refractivity contribution >= 4 is 12.3 Å². The molecular weight excluding hydrogens is 140 g/mol. The second-order valence-electron chi connectivity index (χ2n) is 1.50. The van der Waals surface area contributed by atoms with E-state index in [1.54, 1.807) is 24.5 Å². The van der Waals surface area contributed by atoms with Crippen molar-refractivity contribution in [3.8, 4) is 0 Å². The second-order valence-corrected chi connectivity index (χ2v) is 1.50. The predicted molar refractivity (Wildman–Crippen MR) is 46.5 cm³/mol. The maximum atomic E-state index is 6.65. The number of nitrogens with zero attached hydrogens (tertiary/aromatic N) is 1. The van der Waals surface area contributed by atoms with Crippen LogP contribution in [0, 0.1) is 5.41 Å². The van der Waals surface area contributed by atoms with E-state index in [0.29, 0.717) is 0 Å². The van der Waals surface area contributed by atoms with E-state index in [9.17, 15) is 0 Å². The Labute approximate surface area is 65.7 Å². The lowest BCUT2D eigenvalue weighted by atomic mass is 10.5. The zero-order valence-electron chi connectivity index (χ0n) is 6.41. The Morgan fingerprint density at radius 1 is 1.64 bits per heavy atom. The molecule has 1 aromatic heterocycles. The van der Waals surface area contributed by atoms with Gasteiger partial charge in [-0.25, -0.2) is 4.98 Å². The summed E-state index contributed by atoms with van der Waals surface area (Å²) in [6, 6.07) is 0. The molecule has 0 atom stereocenters. The third-order valence-corrected chi connectivity index (χ3v) is 0.870. The van der Waals surface area contributed by atoms with Gasteiger partial charge < -0.3 is 16.1 Å². The number of aromatic nitrogens is 2. The van der Waals surface area contributed by atoms with Gasteiger partial charge in [-0.3, -0.25) is 0 Å². The van der Waals surface area contributed by atoms with Gasteiger partial charge in [-0.1, -0.05) is 0 Å². The fraction of sp³-hybridized carbons (Fsp3) is 0.143. The summed E-state index contributed by atoms with van der Waals surface area (Å²) in [4.78, 5) is 6.78. The average Bonchev–Trinajstić information content (AvgIpc) is 2.57. The number of hydrogen-bond acceptors (Lipinski definition) is 3. The van der Waals surface area contributed by atoms with Crippen LogP contribution in [0.25, 0.3) is 6.08 Å². The highest BCUT2D eigenvalue weighted by Crippen LogP contribution is 1.88. The van der Waals surface area contributed by atoms with Crippen LogP contribution in [0.4, 0.5) is 0 Å². The number of hydrogen-bond donors (Lipinski definition) is 3. The minimum Gasteiger partial charge on any atom is -0.345 e. The van der Waals surface area contributed by atoms with Gasteiger partial charge in [-0.15, -0.1) is 0 Å². The molecule has 0 radical (unpaired) electrons. The lowest BCUT2D eigenvalue weighted by Gasteiger charge is -1.76. The summed E-state index contributed by atoms with van der Waals surface area (Å²) >= 11 is 0. The van der Waals surface area contributed by atoms with Crippen molar-refractivity contribution in [2.75, 3.05) is 7.05 Å². The van der Waals surface area contributed by atoms with Crippen LogP contribution in [0.2, 0.25) is 0 Å². The van der Waals surface area contributed by atoms with E-state index in [4.69, 9.17) is 5.41 Å². The predicted octanol–water partition coefficient (Wildman–Crippen LogP) is 0.647. The molecule has 0 bridgehead atoms. The molecule has 0 fully saturated rings. The second kappa shape index (κ2) is 6.70. The first-order valence-electron chi connectivity index (χ1n) is 3.18. The Bertz CT molecular complexity index is 200. The molecule has 1 aromatic rings. The van der Waals surface area contributed by atoms with E-state index in [1.165, 1.54) is 13.3 Å². The molecule has 0 unspecified atom stereocenters. The number of imidazole rings is 1. The maximum Gasteiger partial charge on any atom is 0.129 e. The van der Waals surface area contributed by atoms with E-state index in [0.717, 1.165) is 5.82 Å². The molecule has 0 saturated carbocycles. The van der Waals surface area contributed by atoms with Gasteiger partial charge in [-0.2, -0.15) is 0 Å². The summed E-state index contributed by atoms with van der Waals surface area (Å²) in [6.07, 6.45) is 7.96. The van der Waals surface area contributed by atoms with Gasteiger partial charge in [0.2, 0.25) is 0 Å². The van der Waals surface area contributed by atoms with E-state index in [2.05, 4.69) is 15.7 Å². The Morgan fingerprint density at radius 2 is 2.36 bits per heavy atom. The van der Waals surface area contributed by atoms with Gasteiger partial charge in [0.05, 0.1) is 0 Å². The largest absolute Gasteiger partial charge is 0.345 e. The lowest BCUT2D eigenvalue weighted by molar-refractivity contribution is 1.27. The minimum atomic E-state index is 0.776. The molecular formula is C7H12N4. The van der Waals surface area contributed by atoms with E-state index in [1.807, 2.05) is 0 Å². The molecule has 4 heteroatoms. The third-order valence-electron chi connectivity index (χ3n) is 0.870. The topological polar surface area (TPSA) is 78.6 Å². The minimum absolute atomic E-state index is 0.776. The van der Waals surface area contributed by atoms with Gasteiger partial charge in [0.25, 0.3) is 0 Å². The number of allylic oxidation sites excluding steroid dienone is 1. The first-order chi connectivity index (χ1) is 5.43. The Balaban J connectivity index is 0.000000461. The molecule has 0 aliphatic rings. The van der Waals surface area contributed by atoms with E-state index < -0.39 is 0 Å². The molecule has 1 heterocycles. The Kier molecular flexibility index (Phi) is 5.83. The standard InChI is InChI=1S/C6H7N3.CH5N/c7-3-1-2-6-8-4-5-9-6;1-2/h1-5,7H,(H,8,9);2H2,1H3/b2-1-,7-3?;. The summed E-state index contributed by atoms with van der Waals surface area (Å²) in [7, 11) is 1.50. The van der Waals surface area contributed by atoms with Crippen molar-refractivity contribution in [2.45, 2.75) is 0 Å². The number of aromatic amines is 1. The van der Waals surface area contributed by atoms with Gasteiger partial charge in [0.1, 0.15) is 5.82 Å². The molecule has 0 amide bonds. The monoisotopic (exact) mass is 152 g/mol. The van der Waals surface area contributed by atoms with Gasteiger partial charge in [-0.05, 0) is 19.2 Å². The van der Waals surface area contributed by atoms with Crippen LogP contribution in [0.5, 0.6) is 0 Å². The van der Waals surface area contributed by atoms with Crippen LogP contribution in [-0.4, -0.2) is 23.2 Å². The normalized spacial score (nSPS) is 8.91. The zero-order chi connectivity index (χ0) is 8.53. The summed E-state index contributed by atoms with van der Waals surface area (Å²) in [5.41, 5.74) is 4.50. The molecule has 11 heavy (non-hydrogen) atoms. The smallest absolute Gasteiger partial charge is 0.129 e. The highest BCUT2D eigenvalue weighted by Gasteiger charge is 1.81. The molecule has 0 aliphatic heterocycles. The van der Waals surface area contributed by atoms with Crippen LogP contribution in [0.1, 0.15) is 5.82 Å². The van der Waals surface area contributed by atoms with Crippen molar-refractivity contribution in [1.29, 1.82) is 5.41 Å². The molecule has 0 saturated heterocycles. The third kappa shape index (κ3) is 4.05. The first kappa shape index (κ1) is 9.58. The van der Waals surface area contributed by atoms with Gasteiger partial charge in [0.15, 0.2) is 0 Å². The maximum absolute atomic E-state index is 6.65. The first-order valence-corrected chi connectivity index (χ1v) is 3.18. The lowest BCUT2D eigenvalue weighted by Crippen LogP contribution is -1.71. The molecule has 4 nitrogen and oxygen atoms in total. The highest BCUT2D eigenvalue weighted by atomic mass is 14.9. The number of nitrogens with one attached hydrogen (secondary N) is 2. The SMILES string of the molecule is CN.N=C/C=C\c1ncc[nH]1. The fourth-order valence-corrected chi connectivity index (χ4v) is 0.508. The quantitative estimate of drug-likeness (QED) is 0.544. The average molecular weight is 152 g/mol. The molecule has 1 rings (SSSR count). The van der Waals surface area contributed by atoms with Crippen molar-refractivity contribution in [3.05, 3.63) is 24.3 Å². The number of nitrogens with two attached hydrogens (primary N) is 1. The summed E-state index contributed by atoms with van der Waals surface area (Å²) < 4.78 is 0. The van der Waals surface area contributed by atoms with Crippen LogP contribution < -0.4 is 5.73 Å². The van der Waals surface area contributed by atoms with Crippen LogP contribution >= 0.6 is 0 Å². The van der Waals surface area contributed by atoms with E-state index >= 15 is 0 Å². The molecule has 60 valence electrons. The van der Waals surface area contributed by atoms with Crippen molar-refractivity contribution in [3.63, 3.8) is 0 Å². The molecule has 0 aliphatic carbocycles. The summed E-state index contributed by atoms with van der Waals surface area (Å²) in [6.45, 7) is 0. The van der Waals surface area contributed by atoms with Crippen molar-refractivity contribution < 1.29 is 0 Å². The summed E-state index contributed by atoms with van der Waals surface area (Å²) in [5.74, 6) is 0.776. The zero-order valence-corrected chi connectivity index (χ0v) is 6.41. The fourth-order valence-electron chi connectivity index (χ4n) is 0.508. The van der Waals surface area contributed by atoms with Crippen molar-refractivity contribution in [2.24, 2.45) is 5.73 Å². The van der Waals surface area contributed by atoms with Crippen LogP contribution in [-0.2, 0) is 0 Å². The van der Waals surface area contributed by atoms with Crippen LogP contribution in [0.15, 0.2) is 18.5 Å². The van der Waals surface area contributed by atoms with E-state index in [-0.39, 0.29) is 0 Å². The Hall–Kier alpha value is -1.42.